The molecule has 3 aromatic rings. The molecule has 0 saturated heterocycles. The number of aromatic nitrogens is 2. The van der Waals surface area contributed by atoms with E-state index in [9.17, 15) is 4.79 Å². The molecule has 3 rings (SSSR count). The summed E-state index contributed by atoms with van der Waals surface area (Å²) >= 11 is 0. The Morgan fingerprint density at radius 2 is 1.60 bits per heavy atom. The zero-order valence-corrected chi connectivity index (χ0v) is 14.3. The van der Waals surface area contributed by atoms with E-state index in [0.717, 1.165) is 28.9 Å². The van der Waals surface area contributed by atoms with Crippen LogP contribution in [0.5, 0.6) is 0 Å². The molecule has 0 spiro atoms. The summed E-state index contributed by atoms with van der Waals surface area (Å²) in [5.74, 6) is 0.239. The molecule has 2 N–H and O–H groups in total. The van der Waals surface area contributed by atoms with Gasteiger partial charge in [0.25, 0.3) is 5.91 Å². The van der Waals surface area contributed by atoms with Crippen LogP contribution < -0.4 is 10.6 Å². The Kier molecular flexibility index (Phi) is 5.04. The summed E-state index contributed by atoms with van der Waals surface area (Å²) in [6.07, 6.45) is 3.90. The Labute approximate surface area is 147 Å². The smallest absolute Gasteiger partial charge is 0.258 e. The van der Waals surface area contributed by atoms with Crippen molar-refractivity contribution in [2.75, 3.05) is 10.6 Å². The Balaban J connectivity index is 1.71. The van der Waals surface area contributed by atoms with Gasteiger partial charge in [-0.05, 0) is 36.6 Å². The molecule has 0 aliphatic heterocycles. The number of nitrogens with one attached hydrogen (secondary N) is 2. The summed E-state index contributed by atoms with van der Waals surface area (Å²) in [4.78, 5) is 20.9. The maximum atomic E-state index is 12.4. The molecule has 0 aliphatic carbocycles. The number of para-hydroxylation sites is 2. The van der Waals surface area contributed by atoms with Crippen LogP contribution in [0, 0.1) is 6.92 Å². The molecule has 0 radical (unpaired) electrons. The molecule has 1 amide bonds. The highest BCUT2D eigenvalue weighted by Gasteiger charge is 2.10. The van der Waals surface area contributed by atoms with Gasteiger partial charge in [0, 0.05) is 23.8 Å². The Bertz CT molecular complexity index is 875. The molecule has 0 bridgehead atoms. The van der Waals surface area contributed by atoms with Gasteiger partial charge in [-0.15, -0.1) is 0 Å². The second-order valence-corrected chi connectivity index (χ2v) is 5.70. The third kappa shape index (κ3) is 4.01. The van der Waals surface area contributed by atoms with E-state index in [1.54, 1.807) is 0 Å². The second kappa shape index (κ2) is 7.57. The minimum absolute atomic E-state index is 0.219. The lowest BCUT2D eigenvalue weighted by molar-refractivity contribution is 0.102. The van der Waals surface area contributed by atoms with Gasteiger partial charge >= 0.3 is 0 Å². The maximum Gasteiger partial charge on any atom is 0.258 e. The van der Waals surface area contributed by atoms with Crippen molar-refractivity contribution < 1.29 is 4.79 Å². The van der Waals surface area contributed by atoms with Gasteiger partial charge in [0.05, 0.1) is 5.56 Å². The number of carbonyl (C=O) groups is 1. The SMILES string of the molecule is CCc1ccccc1NC(=O)c1cnc(Nc2ccccc2C)nc1. The summed E-state index contributed by atoms with van der Waals surface area (Å²) in [7, 11) is 0. The molecule has 2 aromatic carbocycles. The molecule has 0 fully saturated rings. The van der Waals surface area contributed by atoms with Gasteiger partial charge in [-0.2, -0.15) is 0 Å². The van der Waals surface area contributed by atoms with Crippen LogP contribution in [0.25, 0.3) is 0 Å². The predicted molar refractivity (Wildman–Crippen MR) is 100 cm³/mol. The number of hydrogen-bond acceptors (Lipinski definition) is 4. The molecule has 0 aliphatic rings. The van der Waals surface area contributed by atoms with Crippen molar-refractivity contribution in [3.05, 3.63) is 77.6 Å². The van der Waals surface area contributed by atoms with E-state index in [0.29, 0.717) is 11.5 Å². The lowest BCUT2D eigenvalue weighted by Gasteiger charge is -2.10. The largest absolute Gasteiger partial charge is 0.324 e. The third-order valence-corrected chi connectivity index (χ3v) is 3.95. The number of hydrogen-bond donors (Lipinski definition) is 2. The lowest BCUT2D eigenvalue weighted by Crippen LogP contribution is -2.14. The average Bonchev–Trinajstić information content (AvgIpc) is 2.64. The summed E-state index contributed by atoms with van der Waals surface area (Å²) in [5.41, 5.74) is 4.37. The highest BCUT2D eigenvalue weighted by molar-refractivity contribution is 6.04. The quantitative estimate of drug-likeness (QED) is 0.729. The molecule has 126 valence electrons. The van der Waals surface area contributed by atoms with Gasteiger partial charge in [0.15, 0.2) is 0 Å². The Morgan fingerprint density at radius 3 is 2.28 bits per heavy atom. The first-order chi connectivity index (χ1) is 12.2. The summed E-state index contributed by atoms with van der Waals surface area (Å²) in [5, 5.41) is 6.07. The normalized spacial score (nSPS) is 10.3. The first kappa shape index (κ1) is 16.6. The molecule has 1 heterocycles. The number of amides is 1. The van der Waals surface area contributed by atoms with E-state index in [4.69, 9.17) is 0 Å². The Hall–Kier alpha value is -3.21. The number of anilines is 3. The van der Waals surface area contributed by atoms with Gasteiger partial charge < -0.3 is 10.6 Å². The standard InChI is InChI=1S/C20H20N4O/c1-3-15-9-5-7-11-18(15)23-19(25)16-12-21-20(22-13-16)24-17-10-6-4-8-14(17)2/h4-13H,3H2,1-2H3,(H,23,25)(H,21,22,24). The second-order valence-electron chi connectivity index (χ2n) is 5.70. The highest BCUT2D eigenvalue weighted by Crippen LogP contribution is 2.18. The maximum absolute atomic E-state index is 12.4. The molecule has 25 heavy (non-hydrogen) atoms. The van der Waals surface area contributed by atoms with Crippen LogP contribution in [0.4, 0.5) is 17.3 Å². The van der Waals surface area contributed by atoms with E-state index in [1.165, 1.54) is 12.4 Å². The first-order valence-electron chi connectivity index (χ1n) is 8.21. The third-order valence-electron chi connectivity index (χ3n) is 3.95. The summed E-state index contributed by atoms with van der Waals surface area (Å²) in [6, 6.07) is 15.7. The summed E-state index contributed by atoms with van der Waals surface area (Å²) in [6.45, 7) is 4.06. The van der Waals surface area contributed by atoms with Crippen LogP contribution in [-0.4, -0.2) is 15.9 Å². The van der Waals surface area contributed by atoms with Crippen LogP contribution in [-0.2, 0) is 6.42 Å². The van der Waals surface area contributed by atoms with Crippen LogP contribution >= 0.6 is 0 Å². The van der Waals surface area contributed by atoms with Crippen LogP contribution in [0.1, 0.15) is 28.4 Å². The van der Waals surface area contributed by atoms with Gasteiger partial charge in [-0.1, -0.05) is 43.3 Å². The lowest BCUT2D eigenvalue weighted by atomic mass is 10.1. The highest BCUT2D eigenvalue weighted by atomic mass is 16.1. The van der Waals surface area contributed by atoms with Crippen molar-refractivity contribution in [1.82, 2.24) is 9.97 Å². The number of carbonyl (C=O) groups excluding carboxylic acids is 1. The van der Waals surface area contributed by atoms with E-state index >= 15 is 0 Å². The predicted octanol–water partition coefficient (Wildman–Crippen LogP) is 4.34. The fraction of sp³-hybridized carbons (Fsp3) is 0.150. The molecule has 5 nitrogen and oxygen atoms in total. The molecule has 5 heteroatoms. The number of rotatable bonds is 5. The van der Waals surface area contributed by atoms with Gasteiger partial charge in [0.1, 0.15) is 0 Å². The molecule has 0 unspecified atom stereocenters. The van der Waals surface area contributed by atoms with Crippen molar-refractivity contribution in [2.45, 2.75) is 20.3 Å². The van der Waals surface area contributed by atoms with E-state index in [1.807, 2.05) is 55.5 Å². The van der Waals surface area contributed by atoms with Crippen molar-refractivity contribution in [3.8, 4) is 0 Å². The first-order valence-corrected chi connectivity index (χ1v) is 8.21. The fourth-order valence-corrected chi connectivity index (χ4v) is 2.49. The monoisotopic (exact) mass is 332 g/mol. The number of nitrogens with zero attached hydrogens (tertiary/aromatic N) is 2. The van der Waals surface area contributed by atoms with Gasteiger partial charge in [0.2, 0.25) is 5.95 Å². The van der Waals surface area contributed by atoms with E-state index < -0.39 is 0 Å². The van der Waals surface area contributed by atoms with Gasteiger partial charge in [-0.25, -0.2) is 9.97 Å². The van der Waals surface area contributed by atoms with Crippen LogP contribution in [0.3, 0.4) is 0 Å². The number of aryl methyl sites for hydroxylation is 2. The van der Waals surface area contributed by atoms with Crippen LogP contribution in [0.2, 0.25) is 0 Å². The molecular weight excluding hydrogens is 312 g/mol. The zero-order chi connectivity index (χ0) is 17.6. The average molecular weight is 332 g/mol. The topological polar surface area (TPSA) is 66.9 Å². The zero-order valence-electron chi connectivity index (χ0n) is 14.3. The number of benzene rings is 2. The van der Waals surface area contributed by atoms with Crippen molar-refractivity contribution in [1.29, 1.82) is 0 Å². The van der Waals surface area contributed by atoms with Gasteiger partial charge in [-0.3, -0.25) is 4.79 Å². The molecule has 0 atom stereocenters. The summed E-state index contributed by atoms with van der Waals surface area (Å²) < 4.78 is 0. The van der Waals surface area contributed by atoms with Crippen molar-refractivity contribution in [2.24, 2.45) is 0 Å². The minimum atomic E-state index is -0.219. The minimum Gasteiger partial charge on any atom is -0.324 e. The molecule has 1 aromatic heterocycles. The molecule has 0 saturated carbocycles. The van der Waals surface area contributed by atoms with E-state index in [-0.39, 0.29) is 5.91 Å². The van der Waals surface area contributed by atoms with E-state index in [2.05, 4.69) is 27.5 Å². The Morgan fingerprint density at radius 1 is 0.960 bits per heavy atom. The fourth-order valence-electron chi connectivity index (χ4n) is 2.49. The van der Waals surface area contributed by atoms with Crippen LogP contribution in [0.15, 0.2) is 60.9 Å². The van der Waals surface area contributed by atoms with Crippen molar-refractivity contribution >= 4 is 23.2 Å². The molecular formula is C20H20N4O. The van der Waals surface area contributed by atoms with Crippen molar-refractivity contribution in [3.63, 3.8) is 0 Å².